The Balaban J connectivity index is 1.93. The molecular formula is C19H24O6S2. The summed E-state index contributed by atoms with van der Waals surface area (Å²) in [6, 6.07) is 7.41. The van der Waals surface area contributed by atoms with Crippen LogP contribution in [0.3, 0.4) is 0 Å². The number of hydrogen-bond donors (Lipinski definition) is 0. The monoisotopic (exact) mass is 412 g/mol. The molecule has 148 valence electrons. The van der Waals surface area contributed by atoms with Crippen LogP contribution in [0.1, 0.15) is 25.3 Å². The number of thioether (sulfide) groups is 1. The lowest BCUT2D eigenvalue weighted by Crippen LogP contribution is -2.40. The third-order valence-corrected chi connectivity index (χ3v) is 7.66. The number of benzene rings is 1. The first kappa shape index (κ1) is 20.4. The maximum atomic E-state index is 13.2. The van der Waals surface area contributed by atoms with Crippen LogP contribution in [0.4, 0.5) is 0 Å². The zero-order valence-electron chi connectivity index (χ0n) is 15.5. The van der Waals surface area contributed by atoms with Gasteiger partial charge in [0, 0.05) is 11.3 Å². The van der Waals surface area contributed by atoms with Gasteiger partial charge in [-0.05, 0) is 37.3 Å². The molecule has 1 aromatic rings. The number of esters is 1. The summed E-state index contributed by atoms with van der Waals surface area (Å²) in [6.07, 6.45) is 4.08. The van der Waals surface area contributed by atoms with Crippen LogP contribution in [-0.4, -0.2) is 51.5 Å². The van der Waals surface area contributed by atoms with Crippen LogP contribution >= 0.6 is 11.8 Å². The summed E-state index contributed by atoms with van der Waals surface area (Å²) in [5.41, 5.74) is 0.855. The van der Waals surface area contributed by atoms with Gasteiger partial charge in [-0.2, -0.15) is 0 Å². The summed E-state index contributed by atoms with van der Waals surface area (Å²) in [5, 5.41) is -0.926. The quantitative estimate of drug-likeness (QED) is 0.525. The minimum atomic E-state index is -3.62. The predicted octanol–water partition coefficient (Wildman–Crippen LogP) is 2.72. The van der Waals surface area contributed by atoms with Crippen molar-refractivity contribution in [3.8, 4) is 0 Å². The van der Waals surface area contributed by atoms with Crippen molar-refractivity contribution in [2.45, 2.75) is 41.5 Å². The summed E-state index contributed by atoms with van der Waals surface area (Å²) in [4.78, 5) is 13.4. The standard InChI is InChI=1S/C19H24O6S2/c1-3-23-18(20)15-12-19(24-10-11-25-19)9-8-17(15)27(21,22)13-14-6-4-5-7-16(14)26-2/h4-7,12,17H,3,8-11,13H2,1-2H3. The maximum Gasteiger partial charge on any atom is 0.335 e. The van der Waals surface area contributed by atoms with Gasteiger partial charge in [-0.3, -0.25) is 0 Å². The van der Waals surface area contributed by atoms with Crippen molar-refractivity contribution in [2.24, 2.45) is 0 Å². The lowest BCUT2D eigenvalue weighted by molar-refractivity contribution is -0.143. The number of hydrogen-bond acceptors (Lipinski definition) is 7. The first-order valence-electron chi connectivity index (χ1n) is 8.92. The molecule has 0 radical (unpaired) electrons. The van der Waals surface area contributed by atoms with Crippen molar-refractivity contribution in [2.75, 3.05) is 26.1 Å². The highest BCUT2D eigenvalue weighted by Crippen LogP contribution is 2.38. The van der Waals surface area contributed by atoms with E-state index in [1.54, 1.807) is 6.92 Å². The van der Waals surface area contributed by atoms with Crippen LogP contribution in [0, 0.1) is 0 Å². The fourth-order valence-corrected chi connectivity index (χ4v) is 6.13. The average Bonchev–Trinajstić information content (AvgIpc) is 3.09. The smallest absolute Gasteiger partial charge is 0.335 e. The summed E-state index contributed by atoms with van der Waals surface area (Å²) in [6.45, 7) is 2.71. The lowest BCUT2D eigenvalue weighted by atomic mass is 9.94. The van der Waals surface area contributed by atoms with E-state index in [-0.39, 0.29) is 24.4 Å². The zero-order chi connectivity index (χ0) is 19.5. The van der Waals surface area contributed by atoms with Crippen LogP contribution < -0.4 is 0 Å². The Morgan fingerprint density at radius 1 is 1.30 bits per heavy atom. The van der Waals surface area contributed by atoms with Gasteiger partial charge in [-0.15, -0.1) is 11.8 Å². The Labute approximate surface area is 164 Å². The van der Waals surface area contributed by atoms with Crippen molar-refractivity contribution in [1.29, 1.82) is 0 Å². The van der Waals surface area contributed by atoms with E-state index in [1.807, 2.05) is 30.5 Å². The van der Waals surface area contributed by atoms with E-state index in [4.69, 9.17) is 14.2 Å². The Morgan fingerprint density at radius 3 is 2.67 bits per heavy atom. The molecule has 1 atom stereocenters. The second-order valence-corrected chi connectivity index (χ2v) is 9.51. The summed E-state index contributed by atoms with van der Waals surface area (Å²) >= 11 is 1.50. The minimum Gasteiger partial charge on any atom is -0.463 e. The normalized spacial score (nSPS) is 21.9. The lowest BCUT2D eigenvalue weighted by Gasteiger charge is -2.33. The molecule has 1 unspecified atom stereocenters. The third kappa shape index (κ3) is 4.39. The Kier molecular flexibility index (Phi) is 6.30. The number of rotatable bonds is 6. The summed E-state index contributed by atoms with van der Waals surface area (Å²) in [7, 11) is -3.62. The molecule has 27 heavy (non-hydrogen) atoms. The van der Waals surface area contributed by atoms with Crippen molar-refractivity contribution in [1.82, 2.24) is 0 Å². The molecule has 2 aliphatic rings. The number of ether oxygens (including phenoxy) is 3. The zero-order valence-corrected chi connectivity index (χ0v) is 17.1. The molecule has 0 aromatic heterocycles. The molecule has 3 rings (SSSR count). The molecule has 8 heteroatoms. The van der Waals surface area contributed by atoms with E-state index >= 15 is 0 Å². The van der Waals surface area contributed by atoms with Crippen molar-refractivity contribution in [3.63, 3.8) is 0 Å². The van der Waals surface area contributed by atoms with Crippen molar-refractivity contribution in [3.05, 3.63) is 41.5 Å². The van der Waals surface area contributed by atoms with E-state index < -0.39 is 26.8 Å². The largest absolute Gasteiger partial charge is 0.463 e. The molecule has 0 bridgehead atoms. The van der Waals surface area contributed by atoms with Gasteiger partial charge < -0.3 is 14.2 Å². The summed E-state index contributed by atoms with van der Waals surface area (Å²) < 4.78 is 42.8. The second-order valence-electron chi connectivity index (χ2n) is 6.48. The van der Waals surface area contributed by atoms with Crippen molar-refractivity contribution >= 4 is 27.6 Å². The molecule has 0 N–H and O–H groups in total. The van der Waals surface area contributed by atoms with Crippen molar-refractivity contribution < 1.29 is 27.4 Å². The van der Waals surface area contributed by atoms with Gasteiger partial charge in [0.25, 0.3) is 0 Å². The molecule has 0 amide bonds. The van der Waals surface area contributed by atoms with Gasteiger partial charge in [-0.1, -0.05) is 18.2 Å². The Morgan fingerprint density at radius 2 is 2.00 bits per heavy atom. The number of sulfone groups is 1. The van der Waals surface area contributed by atoms with Gasteiger partial charge in [0.15, 0.2) is 15.6 Å². The maximum absolute atomic E-state index is 13.2. The van der Waals surface area contributed by atoms with Gasteiger partial charge in [0.2, 0.25) is 0 Å². The van der Waals surface area contributed by atoms with E-state index in [0.717, 1.165) is 10.5 Å². The van der Waals surface area contributed by atoms with Crippen LogP contribution in [-0.2, 0) is 34.6 Å². The molecular weight excluding hydrogens is 388 g/mol. The van der Waals surface area contributed by atoms with E-state index in [1.165, 1.54) is 17.8 Å². The van der Waals surface area contributed by atoms with Crippen LogP contribution in [0.25, 0.3) is 0 Å². The minimum absolute atomic E-state index is 0.117. The molecule has 1 aromatic carbocycles. The average molecular weight is 413 g/mol. The first-order chi connectivity index (χ1) is 12.9. The van der Waals surface area contributed by atoms with E-state index in [0.29, 0.717) is 19.6 Å². The molecule has 1 saturated heterocycles. The SMILES string of the molecule is CCOC(=O)C1=CC2(CCC1S(=O)(=O)Cc1ccccc1SC)OCCO2. The molecule has 1 aliphatic heterocycles. The van der Waals surface area contributed by atoms with Crippen LogP contribution in [0.5, 0.6) is 0 Å². The third-order valence-electron chi connectivity index (χ3n) is 4.75. The van der Waals surface area contributed by atoms with Crippen LogP contribution in [0.2, 0.25) is 0 Å². The predicted molar refractivity (Wildman–Crippen MR) is 103 cm³/mol. The van der Waals surface area contributed by atoms with Crippen LogP contribution in [0.15, 0.2) is 40.8 Å². The molecule has 1 aliphatic carbocycles. The highest BCUT2D eigenvalue weighted by Gasteiger charge is 2.46. The highest BCUT2D eigenvalue weighted by atomic mass is 32.2. The molecule has 1 spiro atoms. The number of carbonyl (C=O) groups excluding carboxylic acids is 1. The second kappa shape index (κ2) is 8.34. The van der Waals surface area contributed by atoms with E-state index in [2.05, 4.69) is 0 Å². The Bertz CT molecular complexity index is 824. The first-order valence-corrected chi connectivity index (χ1v) is 11.9. The molecule has 6 nitrogen and oxygen atoms in total. The summed E-state index contributed by atoms with van der Waals surface area (Å²) in [5.74, 6) is -1.76. The molecule has 1 heterocycles. The van der Waals surface area contributed by atoms with Gasteiger partial charge in [0.05, 0.1) is 36.4 Å². The Hall–Kier alpha value is -1.35. The fraction of sp³-hybridized carbons (Fsp3) is 0.526. The molecule has 0 saturated carbocycles. The van der Waals surface area contributed by atoms with Gasteiger partial charge in [0.1, 0.15) is 0 Å². The number of carbonyl (C=O) groups is 1. The topological polar surface area (TPSA) is 78.9 Å². The fourth-order valence-electron chi connectivity index (χ4n) is 3.51. The van der Waals surface area contributed by atoms with Gasteiger partial charge in [-0.25, -0.2) is 13.2 Å². The highest BCUT2D eigenvalue weighted by molar-refractivity contribution is 7.98. The van der Waals surface area contributed by atoms with E-state index in [9.17, 15) is 13.2 Å². The van der Waals surface area contributed by atoms with Gasteiger partial charge >= 0.3 is 5.97 Å². The molecule has 1 fully saturated rings.